The fourth-order valence-electron chi connectivity index (χ4n) is 9.49. The first-order valence-electron chi connectivity index (χ1n) is 19.8. The Labute approximate surface area is 332 Å². The van der Waals surface area contributed by atoms with E-state index in [2.05, 4.69) is 202 Å². The van der Waals surface area contributed by atoms with Crippen molar-refractivity contribution in [3.05, 3.63) is 205 Å². The number of hydrogen-bond donors (Lipinski definition) is 0. The van der Waals surface area contributed by atoms with Gasteiger partial charge in [-0.05, 0) is 89.0 Å². The van der Waals surface area contributed by atoms with Crippen molar-refractivity contribution in [2.45, 2.75) is 19.3 Å². The minimum atomic E-state index is -0.160. The average Bonchev–Trinajstić information content (AvgIpc) is 3.51. The van der Waals surface area contributed by atoms with Gasteiger partial charge in [-0.15, -0.1) is 0 Å². The van der Waals surface area contributed by atoms with Gasteiger partial charge < -0.3 is 0 Å². The third-order valence-electron chi connectivity index (χ3n) is 12.1. The van der Waals surface area contributed by atoms with E-state index in [4.69, 9.17) is 9.97 Å². The fraction of sp³-hybridized carbons (Fsp3) is 0.0545. The largest absolute Gasteiger partial charge is 0.228 e. The van der Waals surface area contributed by atoms with Crippen molar-refractivity contribution in [3.63, 3.8) is 0 Å². The van der Waals surface area contributed by atoms with E-state index >= 15 is 0 Å². The van der Waals surface area contributed by atoms with Crippen LogP contribution in [-0.2, 0) is 5.41 Å². The van der Waals surface area contributed by atoms with Crippen LogP contribution >= 0.6 is 0 Å². The molecular formula is C55H38N2. The lowest BCUT2D eigenvalue weighted by Gasteiger charge is -2.25. The molecule has 1 aliphatic carbocycles. The van der Waals surface area contributed by atoms with Crippen molar-refractivity contribution in [2.24, 2.45) is 0 Å². The number of nitrogens with zero attached hydrogens (tertiary/aromatic N) is 2. The van der Waals surface area contributed by atoms with E-state index in [-0.39, 0.29) is 5.41 Å². The van der Waals surface area contributed by atoms with E-state index in [0.717, 1.165) is 33.6 Å². The van der Waals surface area contributed by atoms with Gasteiger partial charge in [-0.2, -0.15) is 0 Å². The highest BCUT2D eigenvalue weighted by atomic mass is 14.9. The molecule has 57 heavy (non-hydrogen) atoms. The highest BCUT2D eigenvalue weighted by molar-refractivity contribution is 6.21. The summed E-state index contributed by atoms with van der Waals surface area (Å²) in [6, 6.07) is 70.1. The molecule has 0 radical (unpaired) electrons. The first-order valence-corrected chi connectivity index (χ1v) is 19.8. The SMILES string of the molecule is CC1(C)c2ccccc2-c2cccc(-c3ccccc3-c3cc(-c4ccccc4-c4c5ccccc5cc5c4ccc4ccccc45)nc(-c4ccccc4)n3)c21. The van der Waals surface area contributed by atoms with Crippen LogP contribution in [0, 0.1) is 0 Å². The average molecular weight is 727 g/mol. The maximum absolute atomic E-state index is 5.39. The highest BCUT2D eigenvalue weighted by Crippen LogP contribution is 2.53. The first kappa shape index (κ1) is 33.2. The number of aromatic nitrogens is 2. The standard InChI is InChI=1S/C55H38N2/c1-55(2)49-30-15-14-24-41(49)47-29-16-28-46(53(47)55)40-23-10-11-25-42(40)50-34-51(57-54(56-50)36-18-4-3-5-19-36)43-26-12-13-27-44(43)52-39-22-9-7-20-37(39)33-48-38-21-8-6-17-35(38)31-32-45(48)52/h3-34H,1-2H3. The van der Waals surface area contributed by atoms with Crippen LogP contribution in [0.2, 0.25) is 0 Å². The predicted octanol–water partition coefficient (Wildman–Crippen LogP) is 14.6. The predicted molar refractivity (Wildman–Crippen MR) is 239 cm³/mol. The molecule has 9 aromatic carbocycles. The molecule has 1 heterocycles. The van der Waals surface area contributed by atoms with E-state index in [1.807, 2.05) is 6.07 Å². The lowest BCUT2D eigenvalue weighted by Crippen LogP contribution is -2.16. The molecule has 1 aromatic heterocycles. The summed E-state index contributed by atoms with van der Waals surface area (Å²) < 4.78 is 0. The summed E-state index contributed by atoms with van der Waals surface area (Å²) in [5.74, 6) is 0.701. The molecule has 0 atom stereocenters. The van der Waals surface area contributed by atoms with E-state index in [0.29, 0.717) is 5.82 Å². The molecule has 0 N–H and O–H groups in total. The molecule has 0 spiro atoms. The smallest absolute Gasteiger partial charge is 0.160 e. The number of rotatable bonds is 5. The monoisotopic (exact) mass is 726 g/mol. The Bertz CT molecular complexity index is 3210. The molecule has 1 aliphatic rings. The van der Waals surface area contributed by atoms with Crippen molar-refractivity contribution >= 4 is 32.3 Å². The Morgan fingerprint density at radius 3 is 1.65 bits per heavy atom. The summed E-state index contributed by atoms with van der Waals surface area (Å²) in [6.07, 6.45) is 0. The van der Waals surface area contributed by atoms with Crippen LogP contribution in [0.15, 0.2) is 194 Å². The van der Waals surface area contributed by atoms with E-state index < -0.39 is 0 Å². The zero-order chi connectivity index (χ0) is 38.1. The molecule has 0 aliphatic heterocycles. The Hall–Kier alpha value is -7.16. The molecule has 0 amide bonds. The van der Waals surface area contributed by atoms with E-state index in [1.165, 1.54) is 71.3 Å². The van der Waals surface area contributed by atoms with Crippen LogP contribution in [0.1, 0.15) is 25.0 Å². The van der Waals surface area contributed by atoms with Crippen molar-refractivity contribution < 1.29 is 0 Å². The second-order valence-corrected chi connectivity index (χ2v) is 15.7. The van der Waals surface area contributed by atoms with Crippen LogP contribution in [0.3, 0.4) is 0 Å². The van der Waals surface area contributed by atoms with Gasteiger partial charge in [0, 0.05) is 22.1 Å². The topological polar surface area (TPSA) is 25.8 Å². The van der Waals surface area contributed by atoms with E-state index in [1.54, 1.807) is 0 Å². The van der Waals surface area contributed by atoms with Crippen molar-refractivity contribution in [1.82, 2.24) is 9.97 Å². The van der Waals surface area contributed by atoms with Gasteiger partial charge in [0.25, 0.3) is 0 Å². The summed E-state index contributed by atoms with van der Waals surface area (Å²) in [4.78, 5) is 10.8. The molecule has 268 valence electrons. The van der Waals surface area contributed by atoms with Gasteiger partial charge in [0.05, 0.1) is 11.4 Å². The van der Waals surface area contributed by atoms with Crippen molar-refractivity contribution in [2.75, 3.05) is 0 Å². The molecule has 0 saturated carbocycles. The van der Waals surface area contributed by atoms with Crippen LogP contribution in [0.5, 0.6) is 0 Å². The van der Waals surface area contributed by atoms with Gasteiger partial charge in [0.1, 0.15) is 0 Å². The van der Waals surface area contributed by atoms with Gasteiger partial charge in [-0.25, -0.2) is 9.97 Å². The van der Waals surface area contributed by atoms with Gasteiger partial charge in [-0.3, -0.25) is 0 Å². The first-order chi connectivity index (χ1) is 28.0. The molecule has 0 bridgehead atoms. The number of fused-ring (bicyclic) bond motifs is 7. The third-order valence-corrected chi connectivity index (χ3v) is 12.1. The van der Waals surface area contributed by atoms with Gasteiger partial charge in [0.15, 0.2) is 5.82 Å². The second kappa shape index (κ2) is 13.0. The quantitative estimate of drug-likeness (QED) is 0.130. The zero-order valence-corrected chi connectivity index (χ0v) is 31.9. The van der Waals surface area contributed by atoms with Gasteiger partial charge in [0.2, 0.25) is 0 Å². The minimum Gasteiger partial charge on any atom is -0.228 e. The lowest BCUT2D eigenvalue weighted by molar-refractivity contribution is 0.662. The summed E-state index contributed by atoms with van der Waals surface area (Å²) in [6.45, 7) is 4.72. The summed E-state index contributed by atoms with van der Waals surface area (Å²) in [5, 5.41) is 7.41. The molecule has 2 heteroatoms. The number of benzene rings is 9. The summed E-state index contributed by atoms with van der Waals surface area (Å²) >= 11 is 0. The summed E-state index contributed by atoms with van der Waals surface area (Å²) in [5.41, 5.74) is 14.9. The van der Waals surface area contributed by atoms with Crippen molar-refractivity contribution in [1.29, 1.82) is 0 Å². The molecule has 10 aromatic rings. The van der Waals surface area contributed by atoms with Crippen LogP contribution in [0.4, 0.5) is 0 Å². The Kier molecular flexibility index (Phi) is 7.55. The van der Waals surface area contributed by atoms with Gasteiger partial charge in [-0.1, -0.05) is 196 Å². The Morgan fingerprint density at radius 1 is 0.351 bits per heavy atom. The third kappa shape index (κ3) is 5.25. The maximum atomic E-state index is 5.39. The zero-order valence-electron chi connectivity index (χ0n) is 31.9. The maximum Gasteiger partial charge on any atom is 0.160 e. The lowest BCUT2D eigenvalue weighted by atomic mass is 9.78. The summed E-state index contributed by atoms with van der Waals surface area (Å²) in [7, 11) is 0. The van der Waals surface area contributed by atoms with Crippen LogP contribution in [-0.4, -0.2) is 9.97 Å². The molecular weight excluding hydrogens is 689 g/mol. The normalized spacial score (nSPS) is 12.9. The molecule has 2 nitrogen and oxygen atoms in total. The fourth-order valence-corrected chi connectivity index (χ4v) is 9.49. The molecule has 0 fully saturated rings. The molecule has 11 rings (SSSR count). The molecule has 0 saturated heterocycles. The Balaban J connectivity index is 1.17. The van der Waals surface area contributed by atoms with Crippen LogP contribution < -0.4 is 0 Å². The minimum absolute atomic E-state index is 0.160. The Morgan fingerprint density at radius 2 is 0.895 bits per heavy atom. The highest BCUT2D eigenvalue weighted by Gasteiger charge is 2.37. The molecule has 0 unspecified atom stereocenters. The number of hydrogen-bond acceptors (Lipinski definition) is 2. The van der Waals surface area contributed by atoms with Gasteiger partial charge >= 0.3 is 0 Å². The second-order valence-electron chi connectivity index (χ2n) is 15.7. The van der Waals surface area contributed by atoms with Crippen molar-refractivity contribution in [3.8, 4) is 67.3 Å². The van der Waals surface area contributed by atoms with E-state index in [9.17, 15) is 0 Å². The van der Waals surface area contributed by atoms with Crippen LogP contribution in [0.25, 0.3) is 99.6 Å².